The molecule has 0 amide bonds. The molecule has 2 aliphatic heterocycles. The Morgan fingerprint density at radius 2 is 1.63 bits per heavy atom. The number of nitrogens with two attached hydrogens (primary N) is 1. The molecular formula is C78H109N3O8. The summed E-state index contributed by atoms with van der Waals surface area (Å²) in [6, 6.07) is 12.3. The number of rotatable bonds is 13. The van der Waals surface area contributed by atoms with Gasteiger partial charge in [0.05, 0.1) is 29.3 Å². The summed E-state index contributed by atoms with van der Waals surface area (Å²) in [6.07, 6.45) is 25.8. The van der Waals surface area contributed by atoms with E-state index in [1.54, 1.807) is 0 Å². The van der Waals surface area contributed by atoms with Gasteiger partial charge in [-0.05, 0) is 250 Å². The molecule has 15 rings (SSSR count). The van der Waals surface area contributed by atoms with Crippen LogP contribution in [0.15, 0.2) is 84.0 Å². The van der Waals surface area contributed by atoms with Gasteiger partial charge in [-0.25, -0.2) is 0 Å². The van der Waals surface area contributed by atoms with E-state index in [2.05, 4.69) is 120 Å². The molecule has 7 fully saturated rings. The SMILES string of the molecule is CNCc1cc(O)cc([C@H]2C(=O)[C@]34CC=C[C@@H]2[C@@]2(C)[C@H]5CCC6=C7C(=O)C[C@]6(C)[C@]5(C[C@H](NC[C@@](C)(O)CCCC3)[C@@H]42)[C@@H]2[C@H](CCC(C)C)[C@@H](C=C[C@H]2O)[C@@H]2CC[C@@H](CO)[C@H]3C=C[C@@H]([C@@H](O)[C@H]4O[C@]4(C)[C@H]4CCC[C@H]4c4cc(N)cc(CC(C)C)c4)[C@H]7[C@H]32)c1. The van der Waals surface area contributed by atoms with Crippen LogP contribution < -0.4 is 16.4 Å². The van der Waals surface area contributed by atoms with Crippen molar-refractivity contribution in [2.24, 2.45) is 110 Å². The second kappa shape index (κ2) is 22.6. The van der Waals surface area contributed by atoms with E-state index in [0.29, 0.717) is 63.5 Å². The first-order valence-electron chi connectivity index (χ1n) is 35.8. The van der Waals surface area contributed by atoms with Gasteiger partial charge in [0.25, 0.3) is 0 Å². The van der Waals surface area contributed by atoms with Crippen molar-refractivity contribution in [1.29, 1.82) is 0 Å². The molecule has 2 aromatic carbocycles. The first-order chi connectivity index (χ1) is 42.4. The number of carbonyl (C=O) groups excluding carboxylic acids is 2. The molecular weight excluding hydrogens is 1110 g/mol. The highest BCUT2D eigenvalue weighted by Crippen LogP contribution is 2.82. The number of Topliss-reactive ketones (excluding diaryl/α,β-unsaturated/α-hetero) is 2. The predicted octanol–water partition coefficient (Wildman–Crippen LogP) is 12.5. The molecule has 2 heterocycles. The predicted molar refractivity (Wildman–Crippen MR) is 350 cm³/mol. The largest absolute Gasteiger partial charge is 0.508 e. The van der Waals surface area contributed by atoms with Crippen molar-refractivity contribution in [2.75, 3.05) is 25.9 Å². The Labute approximate surface area is 532 Å². The second-order valence-corrected chi connectivity index (χ2v) is 33.7. The van der Waals surface area contributed by atoms with Crippen LogP contribution in [-0.2, 0) is 27.3 Å². The van der Waals surface area contributed by atoms with Gasteiger partial charge in [0.15, 0.2) is 5.78 Å². The van der Waals surface area contributed by atoms with Gasteiger partial charge in [0.2, 0.25) is 0 Å². The van der Waals surface area contributed by atoms with Crippen LogP contribution in [0.3, 0.4) is 0 Å². The fraction of sp³-hybridized carbons (Fsp3) is 0.718. The fourth-order valence-corrected chi connectivity index (χ4v) is 25.1. The molecule has 25 atom stereocenters. The summed E-state index contributed by atoms with van der Waals surface area (Å²) in [6.45, 7) is 19.4. The number of nitrogen functional groups attached to an aromatic ring is 1. The normalized spacial score (nSPS) is 46.4. The molecule has 89 heavy (non-hydrogen) atoms. The Balaban J connectivity index is 0.966. The van der Waals surface area contributed by atoms with Crippen LogP contribution in [0, 0.1) is 110 Å². The minimum Gasteiger partial charge on any atom is -0.508 e. The average Bonchev–Trinajstić information content (AvgIpc) is 1.64. The monoisotopic (exact) mass is 1220 g/mol. The summed E-state index contributed by atoms with van der Waals surface area (Å²) in [7, 11) is 1.92. The van der Waals surface area contributed by atoms with Gasteiger partial charge in [-0.3, -0.25) is 9.59 Å². The number of ketones is 2. The Morgan fingerprint density at radius 3 is 2.39 bits per heavy atom. The van der Waals surface area contributed by atoms with Crippen molar-refractivity contribution in [3.63, 3.8) is 0 Å². The zero-order valence-corrected chi connectivity index (χ0v) is 55.2. The number of aliphatic hydroxyl groups excluding tert-OH is 3. The van der Waals surface area contributed by atoms with E-state index in [9.17, 15) is 25.5 Å². The highest BCUT2D eigenvalue weighted by atomic mass is 16.6. The van der Waals surface area contributed by atoms with Crippen molar-refractivity contribution in [1.82, 2.24) is 10.6 Å². The molecule has 11 heteroatoms. The lowest BCUT2D eigenvalue weighted by atomic mass is 9.28. The number of nitrogens with one attached hydrogen (secondary N) is 2. The van der Waals surface area contributed by atoms with Crippen molar-refractivity contribution in [3.8, 4) is 5.75 Å². The maximum atomic E-state index is 16.8. The number of anilines is 1. The van der Waals surface area contributed by atoms with E-state index < -0.39 is 63.0 Å². The quantitative estimate of drug-likeness (QED) is 0.0540. The van der Waals surface area contributed by atoms with E-state index in [1.165, 1.54) is 16.7 Å². The van der Waals surface area contributed by atoms with Crippen LogP contribution in [0.25, 0.3) is 0 Å². The van der Waals surface area contributed by atoms with Crippen LogP contribution in [-0.4, -0.2) is 92.9 Å². The lowest BCUT2D eigenvalue weighted by Gasteiger charge is -2.76. The van der Waals surface area contributed by atoms with Crippen LogP contribution in [0.5, 0.6) is 5.75 Å². The van der Waals surface area contributed by atoms with Gasteiger partial charge in [0.1, 0.15) is 17.6 Å². The van der Waals surface area contributed by atoms with Crippen molar-refractivity contribution < 1.29 is 39.9 Å². The first kappa shape index (κ1) is 62.5. The minimum atomic E-state index is -0.989. The molecule has 2 saturated heterocycles. The van der Waals surface area contributed by atoms with Crippen LogP contribution >= 0.6 is 0 Å². The van der Waals surface area contributed by atoms with Crippen molar-refractivity contribution >= 4 is 17.3 Å². The minimum absolute atomic E-state index is 0.00253. The standard InChI is InChI=1S/C78H109N3O8/c1-42(2)17-19-55-53-23-25-61(84)68(55)78-37-60-70-75(7,59-16-13-29-77(70,28-11-10-27-73(5,88)41-81-60)71(87)64(59)48-32-45(39-80-9)34-50(83)36-48)63(78)26-24-58-67(62(85)38-74(58,78)6)66-56(22-21-52-46(40-82)18-20-54(53)65(52)66)69(86)72-76(8,89-72)57-15-12-14-51(57)47-31-44(30-43(3)4)33-49(79)35-47/h13,16,21-23,25,31-36,42-43,46,51-57,59-61,63-66,68-70,72,80-84,86,88H,10-12,14-15,17-20,24,26-30,37-41,79H2,1-9H3/t46-,51-,52+,53-,54-,55+,56+,57-,59-,60-,61+,63+,64+,65+,66-,68+,69+,70+,72+,73-,74-,75-,76+,77-,78-/m0/s1. The Hall–Kier alpha value is -3.94. The number of phenols is 1. The van der Waals surface area contributed by atoms with E-state index in [1.807, 2.05) is 26.1 Å². The molecule has 0 aromatic heterocycles. The summed E-state index contributed by atoms with van der Waals surface area (Å²) in [5.41, 5.74) is 9.76. The maximum Gasteiger partial charge on any atom is 0.160 e. The highest BCUT2D eigenvalue weighted by Gasteiger charge is 2.79. The smallest absolute Gasteiger partial charge is 0.160 e. The molecule has 5 saturated carbocycles. The van der Waals surface area contributed by atoms with Gasteiger partial charge in [0, 0.05) is 54.6 Å². The molecule has 11 nitrogen and oxygen atoms in total. The number of ether oxygens (including phenoxy) is 1. The number of β-amino-alcohol motifs (C(OH)–C–C–N with tert-alkyl or cyclic N) is 1. The number of hydrogen-bond acceptors (Lipinski definition) is 11. The Bertz CT molecular complexity index is 3220. The van der Waals surface area contributed by atoms with E-state index >= 15 is 9.59 Å². The highest BCUT2D eigenvalue weighted by molar-refractivity contribution is 6.01. The summed E-state index contributed by atoms with van der Waals surface area (Å²) in [4.78, 5) is 33.4. The molecule has 8 bridgehead atoms. The van der Waals surface area contributed by atoms with Gasteiger partial charge in [-0.1, -0.05) is 121 Å². The summed E-state index contributed by atoms with van der Waals surface area (Å²) in [5.74, 6) is 0.308. The molecule has 0 unspecified atom stereocenters. The number of benzene rings is 2. The molecule has 13 aliphatic rings. The fourth-order valence-electron chi connectivity index (χ4n) is 25.1. The number of aromatic hydroxyl groups is 1. The van der Waals surface area contributed by atoms with Crippen molar-refractivity contribution in [2.45, 2.75) is 218 Å². The number of aliphatic hydroxyl groups is 4. The Kier molecular flexibility index (Phi) is 15.9. The van der Waals surface area contributed by atoms with Gasteiger partial charge < -0.3 is 46.6 Å². The second-order valence-electron chi connectivity index (χ2n) is 33.7. The number of allylic oxidation sites excluding steroid dienone is 6. The molecule has 2 spiro atoms. The molecule has 0 radical (unpaired) electrons. The molecule has 9 N–H and O–H groups in total. The molecule has 484 valence electrons. The maximum absolute atomic E-state index is 16.8. The summed E-state index contributed by atoms with van der Waals surface area (Å²) < 4.78 is 7.11. The average molecular weight is 1220 g/mol. The van der Waals surface area contributed by atoms with E-state index in [0.717, 1.165) is 93.0 Å². The Morgan fingerprint density at radius 1 is 0.854 bits per heavy atom. The summed E-state index contributed by atoms with van der Waals surface area (Å²) in [5, 5.41) is 70.6. The lowest BCUT2D eigenvalue weighted by molar-refractivity contribution is -0.251. The van der Waals surface area contributed by atoms with Crippen molar-refractivity contribution in [3.05, 3.63) is 106 Å². The lowest BCUT2D eigenvalue weighted by Crippen LogP contribution is -2.75. The third-order valence-corrected chi connectivity index (χ3v) is 28.1. The third kappa shape index (κ3) is 9.50. The van der Waals surface area contributed by atoms with Crippen LogP contribution in [0.4, 0.5) is 5.69 Å². The number of epoxide rings is 1. The molecule has 11 aliphatic carbocycles. The third-order valence-electron chi connectivity index (χ3n) is 28.1. The topological polar surface area (TPSA) is 198 Å². The summed E-state index contributed by atoms with van der Waals surface area (Å²) >= 11 is 0. The number of phenolic OH excluding ortho intramolecular Hbond substituents is 1. The number of fused-ring (bicyclic) bond motifs is 6. The van der Waals surface area contributed by atoms with Crippen LogP contribution in [0.1, 0.15) is 192 Å². The first-order valence-corrected chi connectivity index (χ1v) is 35.8. The van der Waals surface area contributed by atoms with E-state index in [4.69, 9.17) is 10.5 Å². The number of hydrogen-bond donors (Lipinski definition) is 8. The zero-order chi connectivity index (χ0) is 62.6. The zero-order valence-electron chi connectivity index (χ0n) is 55.2. The van der Waals surface area contributed by atoms with Crippen LogP contribution in [0.2, 0.25) is 0 Å². The van der Waals surface area contributed by atoms with E-state index in [-0.39, 0.29) is 107 Å². The number of carbonyl (C=O) groups is 2. The van der Waals surface area contributed by atoms with Gasteiger partial charge in [-0.2, -0.15) is 0 Å². The van der Waals surface area contributed by atoms with Gasteiger partial charge >= 0.3 is 0 Å². The van der Waals surface area contributed by atoms with Gasteiger partial charge in [-0.15, -0.1) is 0 Å². The molecule has 2 aromatic rings.